The molecule has 0 spiro atoms. The normalized spacial score (nSPS) is 10.1. The topological polar surface area (TPSA) is 84.0 Å². The number of hydrogen-bond donors (Lipinski definition) is 2. The van der Waals surface area contributed by atoms with E-state index < -0.39 is 17.6 Å². The van der Waals surface area contributed by atoms with Gasteiger partial charge in [-0.2, -0.15) is 0 Å². The number of halogens is 2. The zero-order chi connectivity index (χ0) is 14.5. The van der Waals surface area contributed by atoms with Gasteiger partial charge in [-0.25, -0.2) is 4.39 Å². The Bertz CT molecular complexity index is 615. The number of nitrogens with zero attached hydrogens (tertiary/aromatic N) is 2. The summed E-state index contributed by atoms with van der Waals surface area (Å²) >= 11 is 6.88. The number of nitrogens with one attached hydrogen (secondary N) is 2. The van der Waals surface area contributed by atoms with Crippen LogP contribution in [0.25, 0.3) is 0 Å². The van der Waals surface area contributed by atoms with Gasteiger partial charge in [-0.1, -0.05) is 29.0 Å². The Morgan fingerprint density at radius 3 is 2.85 bits per heavy atom. The molecule has 0 saturated carbocycles. The first-order valence-electron chi connectivity index (χ1n) is 5.36. The average Bonchev–Trinajstić information content (AvgIpc) is 2.89. The van der Waals surface area contributed by atoms with Gasteiger partial charge >= 0.3 is 0 Å². The maximum Gasteiger partial charge on any atom is 0.256 e. The van der Waals surface area contributed by atoms with Crippen molar-refractivity contribution in [1.82, 2.24) is 15.5 Å². The van der Waals surface area contributed by atoms with Crippen LogP contribution in [0.4, 0.5) is 9.52 Å². The predicted molar refractivity (Wildman–Crippen MR) is 72.3 cm³/mol. The molecule has 20 heavy (non-hydrogen) atoms. The third kappa shape index (κ3) is 3.49. The molecule has 0 saturated heterocycles. The lowest BCUT2D eigenvalue weighted by molar-refractivity contribution is -0.115. The van der Waals surface area contributed by atoms with E-state index in [-0.39, 0.29) is 17.1 Å². The molecule has 0 radical (unpaired) electrons. The first-order valence-corrected chi connectivity index (χ1v) is 6.62. The molecule has 104 valence electrons. The number of anilines is 1. The summed E-state index contributed by atoms with van der Waals surface area (Å²) < 4.78 is 13.5. The molecular formula is C11H8ClFN4O2S. The Kier molecular flexibility index (Phi) is 4.59. The molecular weight excluding hydrogens is 307 g/mol. The molecule has 0 unspecified atom stereocenters. The molecule has 0 aliphatic heterocycles. The molecule has 0 fully saturated rings. The Balaban J connectivity index is 1.94. The van der Waals surface area contributed by atoms with Crippen LogP contribution in [0, 0.1) is 5.82 Å². The van der Waals surface area contributed by atoms with E-state index in [9.17, 15) is 14.0 Å². The third-order valence-corrected chi connectivity index (χ3v) is 3.13. The largest absolute Gasteiger partial charge is 0.343 e. The van der Waals surface area contributed by atoms with Crippen molar-refractivity contribution >= 4 is 39.9 Å². The lowest BCUT2D eigenvalue weighted by Gasteiger charge is -2.07. The minimum atomic E-state index is -0.763. The SMILES string of the molecule is O=C(CNC(=O)c1c(F)cccc1Cl)Nc1nncs1. The lowest BCUT2D eigenvalue weighted by atomic mass is 10.2. The predicted octanol–water partition coefficient (Wildman–Crippen LogP) is 1.70. The fourth-order valence-corrected chi connectivity index (χ4v) is 2.06. The Labute approximate surface area is 122 Å². The van der Waals surface area contributed by atoms with E-state index in [0.29, 0.717) is 5.13 Å². The van der Waals surface area contributed by atoms with Crippen LogP contribution >= 0.6 is 22.9 Å². The second-order valence-electron chi connectivity index (χ2n) is 3.57. The molecule has 1 heterocycles. The van der Waals surface area contributed by atoms with Crippen molar-refractivity contribution in [1.29, 1.82) is 0 Å². The molecule has 2 amide bonds. The summed E-state index contributed by atoms with van der Waals surface area (Å²) in [5.74, 6) is -2.01. The molecule has 2 N–H and O–H groups in total. The van der Waals surface area contributed by atoms with Crippen molar-refractivity contribution in [3.05, 3.63) is 40.1 Å². The Morgan fingerprint density at radius 2 is 2.20 bits per heavy atom. The van der Waals surface area contributed by atoms with E-state index in [4.69, 9.17) is 11.6 Å². The lowest BCUT2D eigenvalue weighted by Crippen LogP contribution is -2.33. The Hall–Kier alpha value is -2.06. The van der Waals surface area contributed by atoms with Crippen LogP contribution in [0.2, 0.25) is 5.02 Å². The van der Waals surface area contributed by atoms with Gasteiger partial charge in [0.25, 0.3) is 5.91 Å². The van der Waals surface area contributed by atoms with E-state index in [0.717, 1.165) is 17.4 Å². The number of rotatable bonds is 4. The van der Waals surface area contributed by atoms with Gasteiger partial charge in [0.15, 0.2) is 0 Å². The smallest absolute Gasteiger partial charge is 0.256 e. The summed E-state index contributed by atoms with van der Waals surface area (Å²) in [7, 11) is 0. The van der Waals surface area contributed by atoms with Gasteiger partial charge < -0.3 is 5.32 Å². The fraction of sp³-hybridized carbons (Fsp3) is 0.0909. The van der Waals surface area contributed by atoms with Crippen molar-refractivity contribution < 1.29 is 14.0 Å². The summed E-state index contributed by atoms with van der Waals surface area (Å²) in [4.78, 5) is 23.3. The van der Waals surface area contributed by atoms with E-state index in [1.807, 2.05) is 0 Å². The van der Waals surface area contributed by atoms with Gasteiger partial charge in [-0.3, -0.25) is 14.9 Å². The van der Waals surface area contributed by atoms with Crippen LogP contribution in [0.1, 0.15) is 10.4 Å². The van der Waals surface area contributed by atoms with E-state index >= 15 is 0 Å². The number of benzene rings is 1. The van der Waals surface area contributed by atoms with Crippen LogP contribution in [0.3, 0.4) is 0 Å². The van der Waals surface area contributed by atoms with Gasteiger partial charge in [0, 0.05) is 0 Å². The second kappa shape index (κ2) is 6.40. The maximum atomic E-state index is 13.5. The van der Waals surface area contributed by atoms with Gasteiger partial charge in [0.1, 0.15) is 11.3 Å². The summed E-state index contributed by atoms with van der Waals surface area (Å²) in [5.41, 5.74) is 1.16. The Morgan fingerprint density at radius 1 is 1.40 bits per heavy atom. The number of aromatic nitrogens is 2. The fourth-order valence-electron chi connectivity index (χ4n) is 1.35. The summed E-state index contributed by atoms with van der Waals surface area (Å²) in [6.45, 7) is -0.330. The minimum absolute atomic E-state index is 0.0213. The summed E-state index contributed by atoms with van der Waals surface area (Å²) in [6, 6.07) is 3.89. The molecule has 1 aromatic carbocycles. The highest BCUT2D eigenvalue weighted by atomic mass is 35.5. The first kappa shape index (κ1) is 14.4. The summed E-state index contributed by atoms with van der Waals surface area (Å²) in [6.07, 6.45) is 0. The van der Waals surface area contributed by atoms with Crippen LogP contribution in [0.5, 0.6) is 0 Å². The van der Waals surface area contributed by atoms with E-state index in [2.05, 4.69) is 20.8 Å². The molecule has 1 aromatic heterocycles. The standard InChI is InChI=1S/C11H8ClFN4O2S/c12-6-2-1-3-7(13)9(6)10(19)14-4-8(18)16-11-17-15-5-20-11/h1-3,5H,4H2,(H,14,19)(H,16,17,18). The number of amides is 2. The van der Waals surface area contributed by atoms with E-state index in [1.54, 1.807) is 0 Å². The molecule has 2 rings (SSSR count). The molecule has 6 nitrogen and oxygen atoms in total. The number of hydrogen-bond acceptors (Lipinski definition) is 5. The zero-order valence-electron chi connectivity index (χ0n) is 9.89. The average molecular weight is 315 g/mol. The maximum absolute atomic E-state index is 13.5. The monoisotopic (exact) mass is 314 g/mol. The van der Waals surface area contributed by atoms with Crippen LogP contribution in [-0.2, 0) is 4.79 Å². The van der Waals surface area contributed by atoms with Gasteiger partial charge in [-0.15, -0.1) is 10.2 Å². The van der Waals surface area contributed by atoms with Crippen molar-refractivity contribution in [2.24, 2.45) is 0 Å². The zero-order valence-corrected chi connectivity index (χ0v) is 11.5. The summed E-state index contributed by atoms with van der Waals surface area (Å²) in [5, 5.41) is 12.1. The van der Waals surface area contributed by atoms with Crippen LogP contribution < -0.4 is 10.6 Å². The highest BCUT2D eigenvalue weighted by Gasteiger charge is 2.16. The number of carbonyl (C=O) groups excluding carboxylic acids is 2. The first-order chi connectivity index (χ1) is 9.58. The highest BCUT2D eigenvalue weighted by molar-refractivity contribution is 7.13. The van der Waals surface area contributed by atoms with Crippen molar-refractivity contribution in [2.75, 3.05) is 11.9 Å². The molecule has 9 heteroatoms. The minimum Gasteiger partial charge on any atom is -0.343 e. The molecule has 0 bridgehead atoms. The quantitative estimate of drug-likeness (QED) is 0.899. The molecule has 0 aliphatic carbocycles. The van der Waals surface area contributed by atoms with Crippen LogP contribution in [0.15, 0.2) is 23.7 Å². The molecule has 2 aromatic rings. The van der Waals surface area contributed by atoms with Gasteiger partial charge in [0.2, 0.25) is 11.0 Å². The second-order valence-corrected chi connectivity index (χ2v) is 4.81. The van der Waals surface area contributed by atoms with Gasteiger partial charge in [-0.05, 0) is 12.1 Å². The van der Waals surface area contributed by atoms with Gasteiger partial charge in [0.05, 0.1) is 17.1 Å². The van der Waals surface area contributed by atoms with Crippen molar-refractivity contribution in [2.45, 2.75) is 0 Å². The van der Waals surface area contributed by atoms with Crippen LogP contribution in [-0.4, -0.2) is 28.6 Å². The van der Waals surface area contributed by atoms with Crippen molar-refractivity contribution in [3.8, 4) is 0 Å². The van der Waals surface area contributed by atoms with Crippen molar-refractivity contribution in [3.63, 3.8) is 0 Å². The highest BCUT2D eigenvalue weighted by Crippen LogP contribution is 2.18. The molecule has 0 atom stereocenters. The number of carbonyl (C=O) groups is 2. The van der Waals surface area contributed by atoms with E-state index in [1.165, 1.54) is 17.6 Å². The molecule has 0 aliphatic rings. The third-order valence-electron chi connectivity index (χ3n) is 2.21.